The van der Waals surface area contributed by atoms with E-state index in [4.69, 9.17) is 12.2 Å². The fourth-order valence-corrected chi connectivity index (χ4v) is 2.43. The molecule has 0 aliphatic rings. The monoisotopic (exact) mass is 291 g/mol. The summed E-state index contributed by atoms with van der Waals surface area (Å²) in [6.45, 7) is 2.94. The number of amides is 1. The van der Waals surface area contributed by atoms with Crippen molar-refractivity contribution in [2.45, 2.75) is 39.0 Å². The summed E-state index contributed by atoms with van der Waals surface area (Å²) in [4.78, 5) is 18.1. The maximum absolute atomic E-state index is 12.0. The number of fused-ring (bicyclic) bond motifs is 1. The number of hydrogen-bond acceptors (Lipinski definition) is 2. The Hall–Kier alpha value is -1.62. The summed E-state index contributed by atoms with van der Waals surface area (Å²) in [5.41, 5.74) is 2.45. The zero-order valence-corrected chi connectivity index (χ0v) is 12.6. The molecule has 20 heavy (non-hydrogen) atoms. The summed E-state index contributed by atoms with van der Waals surface area (Å²) >= 11 is 5.03. The smallest absolute Gasteiger partial charge is 0.251 e. The van der Waals surface area contributed by atoms with Gasteiger partial charge in [0.05, 0.1) is 11.0 Å². The van der Waals surface area contributed by atoms with E-state index in [0.717, 1.165) is 24.0 Å². The van der Waals surface area contributed by atoms with Crippen molar-refractivity contribution in [1.82, 2.24) is 15.3 Å². The second kappa shape index (κ2) is 7.24. The summed E-state index contributed by atoms with van der Waals surface area (Å²) in [7, 11) is 0. The van der Waals surface area contributed by atoms with E-state index in [1.807, 2.05) is 18.2 Å². The van der Waals surface area contributed by atoms with Gasteiger partial charge in [-0.2, -0.15) is 0 Å². The molecule has 2 aromatic rings. The second-order valence-electron chi connectivity index (χ2n) is 5.01. The van der Waals surface area contributed by atoms with Crippen LogP contribution in [0.4, 0.5) is 0 Å². The SMILES string of the molecule is CCCCCCCNC(=O)c1ccc2[nH]c(=S)[nH]c2c1. The molecule has 2 rings (SSSR count). The van der Waals surface area contributed by atoms with Crippen LogP contribution in [-0.4, -0.2) is 22.4 Å². The predicted octanol–water partition coefficient (Wildman–Crippen LogP) is 3.93. The van der Waals surface area contributed by atoms with Gasteiger partial charge in [0.1, 0.15) is 0 Å². The Balaban J connectivity index is 1.86. The van der Waals surface area contributed by atoms with Crippen molar-refractivity contribution in [3.63, 3.8) is 0 Å². The van der Waals surface area contributed by atoms with Gasteiger partial charge in [0.15, 0.2) is 4.77 Å². The van der Waals surface area contributed by atoms with Crippen molar-refractivity contribution < 1.29 is 4.79 Å². The van der Waals surface area contributed by atoms with E-state index in [2.05, 4.69) is 22.2 Å². The van der Waals surface area contributed by atoms with Gasteiger partial charge in [-0.25, -0.2) is 0 Å². The first-order valence-electron chi connectivity index (χ1n) is 7.21. The van der Waals surface area contributed by atoms with Gasteiger partial charge in [0.25, 0.3) is 5.91 Å². The molecule has 0 atom stereocenters. The molecule has 1 aromatic heterocycles. The third-order valence-corrected chi connectivity index (χ3v) is 3.55. The fraction of sp³-hybridized carbons (Fsp3) is 0.467. The summed E-state index contributed by atoms with van der Waals surface area (Å²) < 4.78 is 0.577. The highest BCUT2D eigenvalue weighted by Gasteiger charge is 2.06. The van der Waals surface area contributed by atoms with E-state index in [9.17, 15) is 4.79 Å². The van der Waals surface area contributed by atoms with E-state index in [0.29, 0.717) is 10.3 Å². The third-order valence-electron chi connectivity index (χ3n) is 3.34. The first kappa shape index (κ1) is 14.8. The van der Waals surface area contributed by atoms with Crippen LogP contribution in [0.15, 0.2) is 18.2 Å². The highest BCUT2D eigenvalue weighted by atomic mass is 32.1. The molecule has 0 unspecified atom stereocenters. The van der Waals surface area contributed by atoms with Gasteiger partial charge in [-0.3, -0.25) is 4.79 Å². The van der Waals surface area contributed by atoms with E-state index in [1.165, 1.54) is 25.7 Å². The zero-order valence-electron chi connectivity index (χ0n) is 11.8. The molecular weight excluding hydrogens is 270 g/mol. The van der Waals surface area contributed by atoms with E-state index < -0.39 is 0 Å². The number of nitrogens with one attached hydrogen (secondary N) is 3. The topological polar surface area (TPSA) is 60.7 Å². The lowest BCUT2D eigenvalue weighted by Gasteiger charge is -2.05. The number of benzene rings is 1. The quantitative estimate of drug-likeness (QED) is 0.535. The molecule has 0 aliphatic heterocycles. The number of imidazole rings is 1. The van der Waals surface area contributed by atoms with Crippen LogP contribution in [0.1, 0.15) is 49.4 Å². The maximum atomic E-state index is 12.0. The number of H-pyrrole nitrogens is 2. The van der Waals surface area contributed by atoms with Gasteiger partial charge >= 0.3 is 0 Å². The van der Waals surface area contributed by atoms with Crippen LogP contribution in [0.25, 0.3) is 11.0 Å². The van der Waals surface area contributed by atoms with Gasteiger partial charge in [-0.15, -0.1) is 0 Å². The van der Waals surface area contributed by atoms with Crippen molar-refractivity contribution in [2.75, 3.05) is 6.54 Å². The largest absolute Gasteiger partial charge is 0.352 e. The lowest BCUT2D eigenvalue weighted by atomic mass is 10.1. The van der Waals surface area contributed by atoms with Crippen molar-refractivity contribution in [1.29, 1.82) is 0 Å². The molecule has 0 fully saturated rings. The van der Waals surface area contributed by atoms with Crippen molar-refractivity contribution in [3.8, 4) is 0 Å². The van der Waals surface area contributed by atoms with Gasteiger partial charge in [0.2, 0.25) is 0 Å². The van der Waals surface area contributed by atoms with Crippen molar-refractivity contribution in [3.05, 3.63) is 28.5 Å². The minimum atomic E-state index is -0.0251. The molecule has 4 nitrogen and oxygen atoms in total. The molecule has 108 valence electrons. The Morgan fingerprint density at radius 2 is 1.90 bits per heavy atom. The molecule has 0 radical (unpaired) electrons. The fourth-order valence-electron chi connectivity index (χ4n) is 2.21. The summed E-state index contributed by atoms with van der Waals surface area (Å²) in [6.07, 6.45) is 5.98. The Kier molecular flexibility index (Phi) is 5.35. The average Bonchev–Trinajstić information content (AvgIpc) is 2.81. The predicted molar refractivity (Wildman–Crippen MR) is 84.6 cm³/mol. The van der Waals surface area contributed by atoms with Crippen LogP contribution in [0.3, 0.4) is 0 Å². The van der Waals surface area contributed by atoms with E-state index >= 15 is 0 Å². The molecule has 0 saturated heterocycles. The normalized spacial score (nSPS) is 10.8. The molecule has 3 N–H and O–H groups in total. The van der Waals surface area contributed by atoms with Crippen LogP contribution in [-0.2, 0) is 0 Å². The van der Waals surface area contributed by atoms with Crippen molar-refractivity contribution >= 4 is 29.2 Å². The summed E-state index contributed by atoms with van der Waals surface area (Å²) in [6, 6.07) is 5.51. The minimum Gasteiger partial charge on any atom is -0.352 e. The molecule has 0 aliphatic carbocycles. The van der Waals surface area contributed by atoms with E-state index in [-0.39, 0.29) is 5.91 Å². The minimum absolute atomic E-state index is 0.0251. The van der Waals surface area contributed by atoms with E-state index in [1.54, 1.807) is 0 Å². The number of aromatic amines is 2. The second-order valence-corrected chi connectivity index (χ2v) is 5.42. The summed E-state index contributed by atoms with van der Waals surface area (Å²) in [5, 5.41) is 2.96. The Labute approximate surface area is 124 Å². The first-order chi connectivity index (χ1) is 9.70. The van der Waals surface area contributed by atoms with Crippen molar-refractivity contribution in [2.24, 2.45) is 0 Å². The number of unbranched alkanes of at least 4 members (excludes halogenated alkanes) is 4. The highest BCUT2D eigenvalue weighted by molar-refractivity contribution is 7.71. The Morgan fingerprint density at radius 3 is 2.70 bits per heavy atom. The van der Waals surface area contributed by atoms with Crippen LogP contribution in [0.2, 0.25) is 0 Å². The molecule has 0 bridgehead atoms. The van der Waals surface area contributed by atoms with Crippen LogP contribution in [0.5, 0.6) is 0 Å². The number of hydrogen-bond donors (Lipinski definition) is 3. The molecular formula is C15H21N3OS. The zero-order chi connectivity index (χ0) is 14.4. The van der Waals surface area contributed by atoms with Gasteiger partial charge in [0, 0.05) is 12.1 Å². The van der Waals surface area contributed by atoms with Gasteiger partial charge < -0.3 is 15.3 Å². The molecule has 0 spiro atoms. The maximum Gasteiger partial charge on any atom is 0.251 e. The molecule has 1 heterocycles. The lowest BCUT2D eigenvalue weighted by Crippen LogP contribution is -2.24. The third kappa shape index (κ3) is 3.93. The average molecular weight is 291 g/mol. The Bertz CT molecular complexity index is 629. The number of rotatable bonds is 7. The van der Waals surface area contributed by atoms with Gasteiger partial charge in [-0.05, 0) is 36.8 Å². The lowest BCUT2D eigenvalue weighted by molar-refractivity contribution is 0.0953. The summed E-state index contributed by atoms with van der Waals surface area (Å²) in [5.74, 6) is -0.0251. The molecule has 5 heteroatoms. The highest BCUT2D eigenvalue weighted by Crippen LogP contribution is 2.12. The number of aromatic nitrogens is 2. The van der Waals surface area contributed by atoms with Crippen LogP contribution < -0.4 is 5.32 Å². The molecule has 1 aromatic carbocycles. The number of carbonyl (C=O) groups is 1. The first-order valence-corrected chi connectivity index (χ1v) is 7.62. The van der Waals surface area contributed by atoms with Gasteiger partial charge in [-0.1, -0.05) is 32.6 Å². The van der Waals surface area contributed by atoms with Crippen LogP contribution in [0, 0.1) is 4.77 Å². The molecule has 0 saturated carbocycles. The van der Waals surface area contributed by atoms with Crippen LogP contribution >= 0.6 is 12.2 Å². The Morgan fingerprint density at radius 1 is 1.15 bits per heavy atom. The number of carbonyl (C=O) groups excluding carboxylic acids is 1. The standard InChI is InChI=1S/C15H21N3OS/c1-2-3-4-5-6-9-16-14(19)11-7-8-12-13(10-11)18-15(20)17-12/h7-8,10H,2-6,9H2,1H3,(H,16,19)(H2,17,18,20). The molecule has 1 amide bonds.